The second kappa shape index (κ2) is 7.20. The molecule has 0 aliphatic carbocycles. The zero-order chi connectivity index (χ0) is 11.1. The van der Waals surface area contributed by atoms with Crippen LogP contribution in [0.3, 0.4) is 0 Å². The summed E-state index contributed by atoms with van der Waals surface area (Å²) in [6.07, 6.45) is 1.36. The fraction of sp³-hybridized carbons (Fsp3) is 1.00. The van der Waals surface area contributed by atoms with Gasteiger partial charge in [-0.2, -0.15) is 0 Å². The van der Waals surface area contributed by atoms with Crippen LogP contribution in [0, 0.1) is 5.92 Å². The molecule has 0 bridgehead atoms. The van der Waals surface area contributed by atoms with Crippen molar-refractivity contribution in [2.75, 3.05) is 39.4 Å². The number of nitrogens with zero attached hydrogens (tertiary/aromatic N) is 1. The summed E-state index contributed by atoms with van der Waals surface area (Å²) in [4.78, 5) is 2.58. The molecule has 2 unspecified atom stereocenters. The van der Waals surface area contributed by atoms with Crippen LogP contribution in [0.2, 0.25) is 0 Å². The minimum atomic E-state index is 0.772. The van der Waals surface area contributed by atoms with E-state index in [1.807, 2.05) is 6.92 Å². The Morgan fingerprint density at radius 3 is 2.73 bits per heavy atom. The smallest absolute Gasteiger partial charge is 0.0590 e. The first kappa shape index (κ1) is 12.9. The van der Waals surface area contributed by atoms with Crippen molar-refractivity contribution >= 4 is 0 Å². The molecule has 0 amide bonds. The molecule has 3 heteroatoms. The van der Waals surface area contributed by atoms with E-state index in [2.05, 4.69) is 24.1 Å². The lowest BCUT2D eigenvalue weighted by molar-refractivity contribution is 0.148. The molecule has 1 aliphatic heterocycles. The second-order valence-electron chi connectivity index (χ2n) is 4.63. The number of rotatable bonds is 7. The van der Waals surface area contributed by atoms with Gasteiger partial charge in [0.15, 0.2) is 0 Å². The van der Waals surface area contributed by atoms with E-state index in [4.69, 9.17) is 4.74 Å². The Morgan fingerprint density at radius 2 is 2.13 bits per heavy atom. The molecule has 1 aliphatic rings. The van der Waals surface area contributed by atoms with Crippen molar-refractivity contribution in [2.24, 2.45) is 5.92 Å². The average Bonchev–Trinajstić information content (AvgIpc) is 2.51. The van der Waals surface area contributed by atoms with Crippen LogP contribution in [0.15, 0.2) is 0 Å². The molecule has 1 fully saturated rings. The predicted molar refractivity (Wildman–Crippen MR) is 64.2 cm³/mol. The van der Waals surface area contributed by atoms with Crippen LogP contribution < -0.4 is 5.32 Å². The van der Waals surface area contributed by atoms with Crippen molar-refractivity contribution in [3.05, 3.63) is 0 Å². The molecule has 2 atom stereocenters. The van der Waals surface area contributed by atoms with E-state index in [1.165, 1.54) is 19.5 Å². The summed E-state index contributed by atoms with van der Waals surface area (Å²) in [7, 11) is 0. The zero-order valence-corrected chi connectivity index (χ0v) is 10.5. The van der Waals surface area contributed by atoms with Crippen LogP contribution in [-0.4, -0.2) is 50.3 Å². The van der Waals surface area contributed by atoms with Crippen molar-refractivity contribution in [3.8, 4) is 0 Å². The third-order valence-corrected chi connectivity index (χ3v) is 3.12. The first-order valence-electron chi connectivity index (χ1n) is 6.26. The number of hydrogen-bond acceptors (Lipinski definition) is 3. The molecular formula is C12H26N2O. The molecule has 1 saturated heterocycles. The van der Waals surface area contributed by atoms with Crippen LogP contribution in [0.4, 0.5) is 0 Å². The van der Waals surface area contributed by atoms with Crippen LogP contribution in [-0.2, 0) is 4.74 Å². The lowest BCUT2D eigenvalue weighted by Gasteiger charge is -2.20. The minimum Gasteiger partial charge on any atom is -0.380 e. The van der Waals surface area contributed by atoms with Gasteiger partial charge in [-0.05, 0) is 26.2 Å². The normalized spacial score (nSPS) is 27.4. The van der Waals surface area contributed by atoms with Gasteiger partial charge < -0.3 is 10.1 Å². The molecule has 0 aromatic heterocycles. The Hall–Kier alpha value is -0.120. The highest BCUT2D eigenvalue weighted by Gasteiger charge is 2.24. The Labute approximate surface area is 94.2 Å². The molecule has 0 radical (unpaired) electrons. The number of hydrogen-bond donors (Lipinski definition) is 1. The van der Waals surface area contributed by atoms with Crippen molar-refractivity contribution in [1.82, 2.24) is 10.2 Å². The lowest BCUT2D eigenvalue weighted by atomic mass is 10.1. The Balaban J connectivity index is 1.96. The molecule has 15 heavy (non-hydrogen) atoms. The Bertz CT molecular complexity index is 164. The quantitative estimate of drug-likeness (QED) is 0.647. The molecule has 0 saturated carbocycles. The van der Waals surface area contributed by atoms with Gasteiger partial charge >= 0.3 is 0 Å². The van der Waals surface area contributed by atoms with E-state index in [1.54, 1.807) is 0 Å². The zero-order valence-electron chi connectivity index (χ0n) is 10.5. The van der Waals surface area contributed by atoms with Crippen LogP contribution in [0.25, 0.3) is 0 Å². The summed E-state index contributed by atoms with van der Waals surface area (Å²) >= 11 is 0. The van der Waals surface area contributed by atoms with E-state index >= 15 is 0 Å². The number of likely N-dealkylation sites (tertiary alicyclic amines) is 1. The third-order valence-electron chi connectivity index (χ3n) is 3.12. The maximum absolute atomic E-state index is 5.27. The van der Waals surface area contributed by atoms with Crippen LogP contribution in [0.5, 0.6) is 0 Å². The monoisotopic (exact) mass is 214 g/mol. The molecule has 0 spiro atoms. The van der Waals surface area contributed by atoms with Crippen LogP contribution in [0.1, 0.15) is 27.2 Å². The maximum Gasteiger partial charge on any atom is 0.0590 e. The standard InChI is InChI=1S/C12H26N2O/c1-4-15-8-6-13-5-7-14-10-11(2)9-12(14)3/h11-13H,4-10H2,1-3H3. The highest BCUT2D eigenvalue weighted by molar-refractivity contribution is 4.80. The van der Waals surface area contributed by atoms with Gasteiger partial charge in [0, 0.05) is 38.8 Å². The van der Waals surface area contributed by atoms with E-state index in [9.17, 15) is 0 Å². The first-order valence-corrected chi connectivity index (χ1v) is 6.26. The fourth-order valence-electron chi connectivity index (χ4n) is 2.33. The molecular weight excluding hydrogens is 188 g/mol. The summed E-state index contributed by atoms with van der Waals surface area (Å²) in [6, 6.07) is 0.772. The molecule has 1 heterocycles. The maximum atomic E-state index is 5.27. The Morgan fingerprint density at radius 1 is 1.33 bits per heavy atom. The molecule has 3 nitrogen and oxygen atoms in total. The van der Waals surface area contributed by atoms with Gasteiger partial charge in [0.25, 0.3) is 0 Å². The summed E-state index contributed by atoms with van der Waals surface area (Å²) in [5.41, 5.74) is 0. The van der Waals surface area contributed by atoms with Gasteiger partial charge in [-0.3, -0.25) is 4.90 Å². The molecule has 90 valence electrons. The molecule has 1 N–H and O–H groups in total. The van der Waals surface area contributed by atoms with Crippen molar-refractivity contribution in [1.29, 1.82) is 0 Å². The second-order valence-corrected chi connectivity index (χ2v) is 4.63. The van der Waals surface area contributed by atoms with Gasteiger partial charge in [-0.1, -0.05) is 6.92 Å². The molecule has 0 aromatic rings. The first-order chi connectivity index (χ1) is 7.24. The Kier molecular flexibility index (Phi) is 6.22. The molecule has 1 rings (SSSR count). The summed E-state index contributed by atoms with van der Waals surface area (Å²) in [5.74, 6) is 0.878. The van der Waals surface area contributed by atoms with Gasteiger partial charge in [-0.15, -0.1) is 0 Å². The van der Waals surface area contributed by atoms with Crippen LogP contribution >= 0.6 is 0 Å². The van der Waals surface area contributed by atoms with Gasteiger partial charge in [0.1, 0.15) is 0 Å². The van der Waals surface area contributed by atoms with Gasteiger partial charge in [-0.25, -0.2) is 0 Å². The van der Waals surface area contributed by atoms with Gasteiger partial charge in [0.05, 0.1) is 6.61 Å². The van der Waals surface area contributed by atoms with E-state index in [-0.39, 0.29) is 0 Å². The van der Waals surface area contributed by atoms with E-state index in [0.29, 0.717) is 0 Å². The highest BCUT2D eigenvalue weighted by Crippen LogP contribution is 2.21. The molecule has 0 aromatic carbocycles. The lowest BCUT2D eigenvalue weighted by Crippen LogP contribution is -2.35. The fourth-order valence-corrected chi connectivity index (χ4v) is 2.33. The largest absolute Gasteiger partial charge is 0.380 e. The van der Waals surface area contributed by atoms with E-state index < -0.39 is 0 Å². The summed E-state index contributed by atoms with van der Waals surface area (Å²) in [6.45, 7) is 12.9. The highest BCUT2D eigenvalue weighted by atomic mass is 16.5. The van der Waals surface area contributed by atoms with Crippen molar-refractivity contribution < 1.29 is 4.74 Å². The van der Waals surface area contributed by atoms with E-state index in [0.717, 1.165) is 38.3 Å². The van der Waals surface area contributed by atoms with Gasteiger partial charge in [0.2, 0.25) is 0 Å². The minimum absolute atomic E-state index is 0.772. The van der Waals surface area contributed by atoms with Crippen molar-refractivity contribution in [2.45, 2.75) is 33.2 Å². The topological polar surface area (TPSA) is 24.5 Å². The predicted octanol–water partition coefficient (Wildman–Crippen LogP) is 1.34. The summed E-state index contributed by atoms with van der Waals surface area (Å²) < 4.78 is 5.27. The summed E-state index contributed by atoms with van der Waals surface area (Å²) in [5, 5.41) is 3.42. The third kappa shape index (κ3) is 4.96. The average molecular weight is 214 g/mol. The number of nitrogens with one attached hydrogen (secondary N) is 1. The SMILES string of the molecule is CCOCCNCCN1CC(C)CC1C. The van der Waals surface area contributed by atoms with Crippen molar-refractivity contribution in [3.63, 3.8) is 0 Å². The number of ether oxygens (including phenoxy) is 1.